The number of allylic oxidation sites excluding steroid dienone is 2. The van der Waals surface area contributed by atoms with Gasteiger partial charge in [0.05, 0.1) is 18.6 Å². The summed E-state index contributed by atoms with van der Waals surface area (Å²) in [6.45, 7) is 4.52. The third-order valence-electron chi connectivity index (χ3n) is 8.27. The normalized spacial score (nSPS) is 39.4. The van der Waals surface area contributed by atoms with Crippen molar-refractivity contribution >= 4 is 5.97 Å². The number of fused-ring (bicyclic) bond motifs is 1. The van der Waals surface area contributed by atoms with Crippen molar-refractivity contribution in [2.24, 2.45) is 41.4 Å². The lowest BCUT2D eigenvalue weighted by Gasteiger charge is -2.26. The molecule has 3 rings (SSSR count). The van der Waals surface area contributed by atoms with Crippen LogP contribution >= 0.6 is 0 Å². The molecule has 0 amide bonds. The minimum absolute atomic E-state index is 0.0264. The van der Waals surface area contributed by atoms with Gasteiger partial charge in [-0.3, -0.25) is 4.79 Å². The van der Waals surface area contributed by atoms with E-state index < -0.39 is 5.97 Å². The number of carboxylic acids is 1. The Morgan fingerprint density at radius 2 is 2.07 bits per heavy atom. The smallest absolute Gasteiger partial charge is 0.306 e. The predicted octanol–water partition coefficient (Wildman–Crippen LogP) is 4.81. The van der Waals surface area contributed by atoms with Crippen LogP contribution in [-0.2, 0) is 4.79 Å². The van der Waals surface area contributed by atoms with E-state index in [9.17, 15) is 15.0 Å². The molecule has 164 valence electrons. The molecule has 29 heavy (non-hydrogen) atoms. The molecule has 3 saturated carbocycles. The SMILES string of the molecule is CCCC1CCC(C(CCC=C2C[C@@H]3C[C@@H](O)[C@H](C=CCO)[C@H]3C2)C(=O)O)C1C. The van der Waals surface area contributed by atoms with E-state index in [2.05, 4.69) is 19.9 Å². The summed E-state index contributed by atoms with van der Waals surface area (Å²) in [5.41, 5.74) is 1.45. The fourth-order valence-electron chi connectivity index (χ4n) is 6.77. The maximum atomic E-state index is 12.0. The maximum absolute atomic E-state index is 12.0. The Labute approximate surface area is 176 Å². The van der Waals surface area contributed by atoms with Gasteiger partial charge in [0.2, 0.25) is 0 Å². The Bertz CT molecular complexity index is 610. The second-order valence-electron chi connectivity index (χ2n) is 9.86. The van der Waals surface area contributed by atoms with Gasteiger partial charge in [0.15, 0.2) is 0 Å². The van der Waals surface area contributed by atoms with Gasteiger partial charge in [0, 0.05) is 5.92 Å². The van der Waals surface area contributed by atoms with Crippen molar-refractivity contribution in [3.63, 3.8) is 0 Å². The van der Waals surface area contributed by atoms with E-state index >= 15 is 0 Å². The highest BCUT2D eigenvalue weighted by Crippen LogP contribution is 2.50. The van der Waals surface area contributed by atoms with Crippen LogP contribution in [0.2, 0.25) is 0 Å². The number of hydrogen-bond acceptors (Lipinski definition) is 3. The van der Waals surface area contributed by atoms with E-state index in [0.29, 0.717) is 29.6 Å². The van der Waals surface area contributed by atoms with E-state index in [0.717, 1.165) is 38.5 Å². The molecule has 0 aromatic carbocycles. The van der Waals surface area contributed by atoms with Crippen LogP contribution in [0, 0.1) is 41.4 Å². The van der Waals surface area contributed by atoms with E-state index in [-0.39, 0.29) is 24.5 Å². The Morgan fingerprint density at radius 1 is 1.28 bits per heavy atom. The zero-order valence-electron chi connectivity index (χ0n) is 18.2. The molecule has 3 aliphatic rings. The van der Waals surface area contributed by atoms with Gasteiger partial charge in [0.25, 0.3) is 0 Å². The fraction of sp³-hybridized carbons (Fsp3) is 0.800. The topological polar surface area (TPSA) is 77.8 Å². The van der Waals surface area contributed by atoms with E-state index in [1.807, 2.05) is 6.08 Å². The summed E-state index contributed by atoms with van der Waals surface area (Å²) in [4.78, 5) is 12.0. The summed E-state index contributed by atoms with van der Waals surface area (Å²) in [5.74, 6) is 1.88. The molecule has 3 fully saturated rings. The van der Waals surface area contributed by atoms with Crippen LogP contribution in [0.4, 0.5) is 0 Å². The molecule has 0 radical (unpaired) electrons. The van der Waals surface area contributed by atoms with Gasteiger partial charge in [-0.15, -0.1) is 0 Å². The van der Waals surface area contributed by atoms with Crippen LogP contribution in [0.15, 0.2) is 23.8 Å². The highest BCUT2D eigenvalue weighted by Gasteiger charge is 2.45. The van der Waals surface area contributed by atoms with Crippen molar-refractivity contribution in [3.05, 3.63) is 23.8 Å². The summed E-state index contributed by atoms with van der Waals surface area (Å²) in [7, 11) is 0. The van der Waals surface area contributed by atoms with E-state index in [4.69, 9.17) is 5.11 Å². The molecule has 0 heterocycles. The zero-order chi connectivity index (χ0) is 21.0. The number of hydrogen-bond donors (Lipinski definition) is 3. The molecule has 8 atom stereocenters. The molecule has 0 aliphatic heterocycles. The lowest BCUT2D eigenvalue weighted by atomic mass is 9.79. The molecule has 0 saturated heterocycles. The zero-order valence-corrected chi connectivity index (χ0v) is 18.2. The molecule has 0 aromatic heterocycles. The first-order chi connectivity index (χ1) is 14.0. The van der Waals surface area contributed by atoms with Crippen molar-refractivity contribution in [3.8, 4) is 0 Å². The Kier molecular flexibility index (Phi) is 7.98. The first kappa shape index (κ1) is 22.6. The average Bonchev–Trinajstić information content (AvgIpc) is 3.31. The third kappa shape index (κ3) is 5.14. The van der Waals surface area contributed by atoms with Crippen LogP contribution in [0.1, 0.15) is 71.6 Å². The molecule has 4 unspecified atom stereocenters. The van der Waals surface area contributed by atoms with Gasteiger partial charge in [-0.05, 0) is 74.5 Å². The predicted molar refractivity (Wildman–Crippen MR) is 115 cm³/mol. The van der Waals surface area contributed by atoms with E-state index in [1.54, 1.807) is 6.08 Å². The molecule has 0 bridgehead atoms. The van der Waals surface area contributed by atoms with Gasteiger partial charge >= 0.3 is 5.97 Å². The van der Waals surface area contributed by atoms with Crippen LogP contribution < -0.4 is 0 Å². The van der Waals surface area contributed by atoms with E-state index in [1.165, 1.54) is 24.8 Å². The van der Waals surface area contributed by atoms with Gasteiger partial charge in [0.1, 0.15) is 0 Å². The van der Waals surface area contributed by atoms with Crippen LogP contribution in [0.3, 0.4) is 0 Å². The second kappa shape index (κ2) is 10.3. The summed E-state index contributed by atoms with van der Waals surface area (Å²) < 4.78 is 0. The molecule has 0 aromatic rings. The number of carbonyl (C=O) groups is 1. The summed E-state index contributed by atoms with van der Waals surface area (Å²) >= 11 is 0. The standard InChI is InChI=1S/C25H40O4/c1-3-6-18-10-11-20(16(18)2)22(25(28)29)8-4-7-17-13-19-15-24(27)21(9-5-12-26)23(19)14-17/h5,7,9,16,18-24,26-27H,3-4,6,8,10-15H2,1-2H3,(H,28,29)/t16?,18?,19-,20?,21-,22?,23+,24-/m1/s1. The van der Waals surface area contributed by atoms with Crippen molar-refractivity contribution in [2.75, 3.05) is 6.61 Å². The first-order valence-corrected chi connectivity index (χ1v) is 11.8. The van der Waals surface area contributed by atoms with Gasteiger partial charge in [-0.1, -0.05) is 50.5 Å². The molecule has 4 nitrogen and oxygen atoms in total. The highest BCUT2D eigenvalue weighted by atomic mass is 16.4. The molecule has 3 aliphatic carbocycles. The number of aliphatic hydroxyl groups excluding tert-OH is 2. The van der Waals surface area contributed by atoms with Crippen molar-refractivity contribution in [2.45, 2.75) is 77.7 Å². The lowest BCUT2D eigenvalue weighted by molar-refractivity contribution is -0.144. The second-order valence-corrected chi connectivity index (χ2v) is 9.86. The minimum Gasteiger partial charge on any atom is -0.481 e. The fourth-order valence-corrected chi connectivity index (χ4v) is 6.77. The Hall–Kier alpha value is -1.13. The molecule has 0 spiro atoms. The molecule has 3 N–H and O–H groups in total. The quantitative estimate of drug-likeness (QED) is 0.482. The summed E-state index contributed by atoms with van der Waals surface area (Å²) in [6, 6.07) is 0. The number of aliphatic carboxylic acids is 1. The van der Waals surface area contributed by atoms with Crippen LogP contribution in [0.5, 0.6) is 0 Å². The minimum atomic E-state index is -0.613. The first-order valence-electron chi connectivity index (χ1n) is 11.8. The highest BCUT2D eigenvalue weighted by molar-refractivity contribution is 5.70. The largest absolute Gasteiger partial charge is 0.481 e. The van der Waals surface area contributed by atoms with Crippen molar-refractivity contribution in [1.29, 1.82) is 0 Å². The number of aliphatic hydroxyl groups is 2. The lowest BCUT2D eigenvalue weighted by Crippen LogP contribution is -2.27. The van der Waals surface area contributed by atoms with Crippen molar-refractivity contribution in [1.82, 2.24) is 0 Å². The number of carboxylic acid groups (broad SMARTS) is 1. The number of rotatable bonds is 9. The van der Waals surface area contributed by atoms with Gasteiger partial charge < -0.3 is 15.3 Å². The van der Waals surface area contributed by atoms with Gasteiger partial charge in [-0.2, -0.15) is 0 Å². The molecule has 4 heteroatoms. The van der Waals surface area contributed by atoms with Crippen molar-refractivity contribution < 1.29 is 20.1 Å². The average molecular weight is 405 g/mol. The monoisotopic (exact) mass is 404 g/mol. The van der Waals surface area contributed by atoms with Crippen LogP contribution in [-0.4, -0.2) is 34.0 Å². The Morgan fingerprint density at radius 3 is 2.76 bits per heavy atom. The third-order valence-corrected chi connectivity index (χ3v) is 8.27. The molecular weight excluding hydrogens is 364 g/mol. The summed E-state index contributed by atoms with van der Waals surface area (Å²) in [5, 5.41) is 29.2. The maximum Gasteiger partial charge on any atom is 0.306 e. The van der Waals surface area contributed by atoms with Crippen LogP contribution in [0.25, 0.3) is 0 Å². The summed E-state index contributed by atoms with van der Waals surface area (Å²) in [6.07, 6.45) is 15.0. The van der Waals surface area contributed by atoms with Gasteiger partial charge in [-0.25, -0.2) is 0 Å². The Balaban J connectivity index is 1.55. The molecular formula is C25H40O4.